The minimum absolute atomic E-state index is 0.144. The molecule has 1 aliphatic rings. The summed E-state index contributed by atoms with van der Waals surface area (Å²) >= 11 is 7.75. The van der Waals surface area contributed by atoms with Crippen LogP contribution in [0.3, 0.4) is 0 Å². The Balaban J connectivity index is 1.64. The van der Waals surface area contributed by atoms with Crippen molar-refractivity contribution in [3.8, 4) is 5.75 Å². The van der Waals surface area contributed by atoms with E-state index in [-0.39, 0.29) is 36.1 Å². The Morgan fingerprint density at radius 3 is 2.39 bits per heavy atom. The Hall–Kier alpha value is -2.28. The highest BCUT2D eigenvalue weighted by Crippen LogP contribution is 2.39. The number of ether oxygens (including phenoxy) is 2. The number of aromatic nitrogens is 1. The van der Waals surface area contributed by atoms with Crippen molar-refractivity contribution in [1.82, 2.24) is 14.2 Å². The van der Waals surface area contributed by atoms with Crippen LogP contribution in [0.4, 0.5) is 5.13 Å². The Kier molecular flexibility index (Phi) is 8.96. The quantitative estimate of drug-likeness (QED) is 0.371. The van der Waals surface area contributed by atoms with Gasteiger partial charge >= 0.3 is 0 Å². The average molecular weight is 581 g/mol. The van der Waals surface area contributed by atoms with E-state index < -0.39 is 10.0 Å². The van der Waals surface area contributed by atoms with Crippen molar-refractivity contribution in [3.63, 3.8) is 0 Å². The van der Waals surface area contributed by atoms with Crippen molar-refractivity contribution < 1.29 is 22.7 Å². The lowest BCUT2D eigenvalue weighted by molar-refractivity contribution is -0.0440. The number of hydrogen-bond donors (Lipinski definition) is 0. The number of halogens is 1. The SMILES string of the molecule is COc1ccc(Cl)c2sc(N(CCCN(C)C)C(=O)c3ccc(S(=O)(=O)N4CC(C)OC(C)C4)cc3)nc12. The molecule has 1 fully saturated rings. The van der Waals surface area contributed by atoms with Gasteiger partial charge in [-0.25, -0.2) is 13.4 Å². The van der Waals surface area contributed by atoms with Gasteiger partial charge in [0.05, 0.1) is 33.9 Å². The number of nitrogens with zero attached hydrogens (tertiary/aromatic N) is 4. The Morgan fingerprint density at radius 2 is 1.79 bits per heavy atom. The maximum atomic E-state index is 13.7. The summed E-state index contributed by atoms with van der Waals surface area (Å²) in [7, 11) is 1.80. The minimum Gasteiger partial charge on any atom is -0.494 e. The summed E-state index contributed by atoms with van der Waals surface area (Å²) in [5, 5.41) is 1.04. The number of rotatable bonds is 9. The van der Waals surface area contributed by atoms with Crippen molar-refractivity contribution in [2.45, 2.75) is 37.4 Å². The number of thiazole rings is 1. The molecule has 9 nitrogen and oxygen atoms in total. The number of benzene rings is 2. The molecule has 206 valence electrons. The van der Waals surface area contributed by atoms with Crippen molar-refractivity contribution in [1.29, 1.82) is 0 Å². The van der Waals surface area contributed by atoms with Gasteiger partial charge in [0.15, 0.2) is 5.13 Å². The predicted molar refractivity (Wildman–Crippen MR) is 151 cm³/mol. The summed E-state index contributed by atoms with van der Waals surface area (Å²) in [6, 6.07) is 9.59. The Morgan fingerprint density at radius 1 is 1.13 bits per heavy atom. The van der Waals surface area contributed by atoms with Crippen LogP contribution >= 0.6 is 22.9 Å². The molecule has 1 amide bonds. The van der Waals surface area contributed by atoms with Gasteiger partial charge in [-0.15, -0.1) is 0 Å². The molecule has 1 aliphatic heterocycles. The van der Waals surface area contributed by atoms with E-state index in [4.69, 9.17) is 26.1 Å². The van der Waals surface area contributed by atoms with Gasteiger partial charge in [-0.1, -0.05) is 22.9 Å². The fourth-order valence-corrected chi connectivity index (χ4v) is 7.32. The second-order valence-electron chi connectivity index (χ2n) is 9.64. The fraction of sp³-hybridized carbons (Fsp3) is 0.462. The van der Waals surface area contributed by atoms with Crippen molar-refractivity contribution in [2.24, 2.45) is 0 Å². The van der Waals surface area contributed by atoms with Crippen LogP contribution in [0.2, 0.25) is 5.02 Å². The van der Waals surface area contributed by atoms with E-state index in [9.17, 15) is 13.2 Å². The number of fused-ring (bicyclic) bond motifs is 1. The zero-order valence-electron chi connectivity index (χ0n) is 22.2. The highest BCUT2D eigenvalue weighted by atomic mass is 35.5. The summed E-state index contributed by atoms with van der Waals surface area (Å²) in [6.45, 7) is 5.51. The molecular formula is C26H33ClN4O5S2. The van der Waals surface area contributed by atoms with Gasteiger partial charge in [0.25, 0.3) is 5.91 Å². The molecule has 2 aromatic carbocycles. The lowest BCUT2D eigenvalue weighted by Gasteiger charge is -2.34. The molecule has 0 saturated carbocycles. The van der Waals surface area contributed by atoms with Crippen LogP contribution in [0.15, 0.2) is 41.3 Å². The number of carbonyl (C=O) groups is 1. The van der Waals surface area contributed by atoms with Crippen LogP contribution < -0.4 is 9.64 Å². The number of sulfonamides is 1. The van der Waals surface area contributed by atoms with E-state index in [1.165, 1.54) is 27.8 Å². The molecule has 0 radical (unpaired) electrons. The molecule has 0 N–H and O–H groups in total. The lowest BCUT2D eigenvalue weighted by atomic mass is 10.2. The third kappa shape index (κ3) is 6.13. The number of methoxy groups -OCH3 is 1. The molecule has 0 spiro atoms. The normalized spacial score (nSPS) is 18.7. The predicted octanol–water partition coefficient (Wildman–Crippen LogP) is 4.35. The fourth-order valence-electron chi connectivity index (χ4n) is 4.45. The third-order valence-electron chi connectivity index (χ3n) is 6.26. The third-order valence-corrected chi connectivity index (χ3v) is 9.64. The number of hydrogen-bond acceptors (Lipinski definition) is 8. The van der Waals surface area contributed by atoms with Gasteiger partial charge in [-0.2, -0.15) is 4.31 Å². The van der Waals surface area contributed by atoms with E-state index >= 15 is 0 Å². The van der Waals surface area contributed by atoms with Gasteiger partial charge in [-0.05, 0) is 77.3 Å². The molecule has 4 rings (SSSR count). The molecule has 0 bridgehead atoms. The molecule has 2 atom stereocenters. The van der Waals surface area contributed by atoms with Crippen LogP contribution in [0.25, 0.3) is 10.2 Å². The first-order valence-corrected chi connectivity index (χ1v) is 15.0. The smallest absolute Gasteiger partial charge is 0.260 e. The summed E-state index contributed by atoms with van der Waals surface area (Å²) < 4.78 is 39.8. The summed E-state index contributed by atoms with van der Waals surface area (Å²) in [5.41, 5.74) is 0.968. The van der Waals surface area contributed by atoms with Crippen LogP contribution in [-0.2, 0) is 14.8 Å². The van der Waals surface area contributed by atoms with Crippen LogP contribution in [0, 0.1) is 0 Å². The Labute approximate surface area is 233 Å². The van der Waals surface area contributed by atoms with E-state index in [0.717, 1.165) is 17.7 Å². The summed E-state index contributed by atoms with van der Waals surface area (Å²) in [5.74, 6) is 0.310. The second kappa shape index (κ2) is 11.8. The zero-order chi connectivity index (χ0) is 27.6. The molecule has 12 heteroatoms. The molecule has 2 unspecified atom stereocenters. The van der Waals surface area contributed by atoms with E-state index in [1.54, 1.807) is 36.3 Å². The van der Waals surface area contributed by atoms with E-state index in [2.05, 4.69) is 0 Å². The number of carbonyl (C=O) groups excluding carboxylic acids is 1. The van der Waals surface area contributed by atoms with Gasteiger partial charge in [0.1, 0.15) is 11.3 Å². The van der Waals surface area contributed by atoms with E-state index in [1.807, 2.05) is 32.8 Å². The first kappa shape index (κ1) is 28.7. The minimum atomic E-state index is -3.71. The topological polar surface area (TPSA) is 92.3 Å². The van der Waals surface area contributed by atoms with Crippen LogP contribution in [0.5, 0.6) is 5.75 Å². The summed E-state index contributed by atoms with van der Waals surface area (Å²) in [6.07, 6.45) is 0.344. The number of amides is 1. The first-order valence-electron chi connectivity index (χ1n) is 12.4. The molecule has 38 heavy (non-hydrogen) atoms. The molecule has 0 aliphatic carbocycles. The van der Waals surface area contributed by atoms with Gasteiger partial charge < -0.3 is 14.4 Å². The van der Waals surface area contributed by atoms with Crippen molar-refractivity contribution >= 4 is 54.2 Å². The first-order chi connectivity index (χ1) is 18.0. The second-order valence-corrected chi connectivity index (χ2v) is 13.0. The molecule has 1 aromatic heterocycles. The highest BCUT2D eigenvalue weighted by molar-refractivity contribution is 7.89. The molecule has 2 heterocycles. The lowest BCUT2D eigenvalue weighted by Crippen LogP contribution is -2.48. The molecular weight excluding hydrogens is 548 g/mol. The largest absolute Gasteiger partial charge is 0.494 e. The zero-order valence-corrected chi connectivity index (χ0v) is 24.6. The number of morpholine rings is 1. The van der Waals surface area contributed by atoms with E-state index in [0.29, 0.717) is 33.5 Å². The van der Waals surface area contributed by atoms with Crippen molar-refractivity contribution in [3.05, 3.63) is 47.0 Å². The Bertz CT molecular complexity index is 1380. The van der Waals surface area contributed by atoms with Gasteiger partial charge in [-0.3, -0.25) is 9.69 Å². The van der Waals surface area contributed by atoms with Crippen LogP contribution in [-0.4, -0.2) is 88.1 Å². The summed E-state index contributed by atoms with van der Waals surface area (Å²) in [4.78, 5) is 22.2. The maximum Gasteiger partial charge on any atom is 0.260 e. The van der Waals surface area contributed by atoms with Crippen LogP contribution in [0.1, 0.15) is 30.6 Å². The highest BCUT2D eigenvalue weighted by Gasteiger charge is 2.32. The average Bonchev–Trinajstić information content (AvgIpc) is 3.32. The van der Waals surface area contributed by atoms with Gasteiger partial charge in [0, 0.05) is 25.2 Å². The maximum absolute atomic E-state index is 13.7. The van der Waals surface area contributed by atoms with Gasteiger partial charge in [0.2, 0.25) is 10.0 Å². The monoisotopic (exact) mass is 580 g/mol. The molecule has 3 aromatic rings. The van der Waals surface area contributed by atoms with Crippen molar-refractivity contribution in [2.75, 3.05) is 52.3 Å². The number of anilines is 1. The standard InChI is InChI=1S/C26H33ClN4O5S2/c1-17-15-30(16-18(2)36-17)38(33,34)20-9-7-19(8-10-20)25(32)31(14-6-13-29(3)4)26-28-23-22(35-5)12-11-21(27)24(23)37-26/h7-12,17-18H,6,13-16H2,1-5H3. The molecule has 1 saturated heterocycles.